The van der Waals surface area contributed by atoms with Crippen LogP contribution in [0, 0.1) is 23.2 Å². The topological polar surface area (TPSA) is 105 Å². The minimum atomic E-state index is -0.596. The molecule has 0 aromatic carbocycles. The molecular formula is C23H35N3O5. The number of amides is 3. The first-order valence-corrected chi connectivity index (χ1v) is 11.9. The lowest BCUT2D eigenvalue weighted by atomic mass is 9.49. The number of rotatable bonds is 8. The highest BCUT2D eigenvalue weighted by Crippen LogP contribution is 2.60. The van der Waals surface area contributed by atoms with Crippen molar-refractivity contribution in [3.05, 3.63) is 0 Å². The SMILES string of the molecule is CCCNC(=O)CNC(=O)COC(=O)[C@@H]1CCCN1C(=O)C12CC3CC(CC(C3)C1)C2. The molecule has 0 spiro atoms. The van der Waals surface area contributed by atoms with Crippen LogP contribution in [0.5, 0.6) is 0 Å². The Labute approximate surface area is 183 Å². The molecule has 31 heavy (non-hydrogen) atoms. The fourth-order valence-corrected chi connectivity index (χ4v) is 6.72. The zero-order valence-corrected chi connectivity index (χ0v) is 18.5. The number of esters is 1. The second-order valence-electron chi connectivity index (χ2n) is 10.1. The van der Waals surface area contributed by atoms with Gasteiger partial charge in [0.25, 0.3) is 5.91 Å². The van der Waals surface area contributed by atoms with Gasteiger partial charge in [0.1, 0.15) is 6.04 Å². The van der Waals surface area contributed by atoms with Gasteiger partial charge >= 0.3 is 5.97 Å². The molecule has 0 unspecified atom stereocenters. The largest absolute Gasteiger partial charge is 0.454 e. The fraction of sp³-hybridized carbons (Fsp3) is 0.826. The highest BCUT2D eigenvalue weighted by molar-refractivity contribution is 5.90. The lowest BCUT2D eigenvalue weighted by Crippen LogP contribution is -2.56. The van der Waals surface area contributed by atoms with Crippen LogP contribution < -0.4 is 10.6 Å². The van der Waals surface area contributed by atoms with Crippen LogP contribution in [0.4, 0.5) is 0 Å². The molecule has 8 nitrogen and oxygen atoms in total. The van der Waals surface area contributed by atoms with E-state index in [-0.39, 0.29) is 23.8 Å². The van der Waals surface area contributed by atoms with Gasteiger partial charge in [0, 0.05) is 13.1 Å². The number of carbonyl (C=O) groups excluding carboxylic acids is 4. The van der Waals surface area contributed by atoms with Crippen molar-refractivity contribution in [2.45, 2.75) is 70.8 Å². The summed E-state index contributed by atoms with van der Waals surface area (Å²) in [5, 5.41) is 5.12. The van der Waals surface area contributed by atoms with Gasteiger partial charge in [-0.15, -0.1) is 0 Å². The van der Waals surface area contributed by atoms with E-state index in [0.717, 1.165) is 32.1 Å². The average molecular weight is 434 g/mol. The Balaban J connectivity index is 1.28. The summed E-state index contributed by atoms with van der Waals surface area (Å²) in [6.07, 6.45) is 8.89. The van der Waals surface area contributed by atoms with Crippen LogP contribution >= 0.6 is 0 Å². The molecule has 1 heterocycles. The van der Waals surface area contributed by atoms with E-state index in [1.165, 1.54) is 19.3 Å². The molecule has 1 aliphatic heterocycles. The molecule has 1 saturated heterocycles. The first-order chi connectivity index (χ1) is 14.9. The molecule has 2 N–H and O–H groups in total. The number of nitrogens with one attached hydrogen (secondary N) is 2. The summed E-state index contributed by atoms with van der Waals surface area (Å²) in [6.45, 7) is 2.51. The highest BCUT2D eigenvalue weighted by atomic mass is 16.5. The Kier molecular flexibility index (Phi) is 6.53. The molecule has 4 bridgehead atoms. The Morgan fingerprint density at radius 3 is 2.23 bits per heavy atom. The molecule has 5 rings (SSSR count). The third-order valence-corrected chi connectivity index (χ3v) is 7.64. The van der Waals surface area contributed by atoms with Crippen molar-refractivity contribution in [3.63, 3.8) is 0 Å². The minimum Gasteiger partial charge on any atom is -0.454 e. The first kappa shape index (κ1) is 22.1. The maximum atomic E-state index is 13.6. The molecule has 0 aromatic rings. The third kappa shape index (κ3) is 4.72. The smallest absolute Gasteiger partial charge is 0.329 e. The fourth-order valence-electron chi connectivity index (χ4n) is 6.72. The van der Waals surface area contributed by atoms with Crippen LogP contribution in [-0.4, -0.2) is 60.9 Å². The maximum absolute atomic E-state index is 13.6. The lowest BCUT2D eigenvalue weighted by molar-refractivity contribution is -0.166. The minimum absolute atomic E-state index is 0.142. The van der Waals surface area contributed by atoms with Gasteiger partial charge in [-0.25, -0.2) is 4.79 Å². The molecular weight excluding hydrogens is 398 g/mol. The van der Waals surface area contributed by atoms with E-state index < -0.39 is 24.5 Å². The number of likely N-dealkylation sites (tertiary alicyclic amines) is 1. The van der Waals surface area contributed by atoms with Crippen molar-refractivity contribution < 1.29 is 23.9 Å². The van der Waals surface area contributed by atoms with Crippen molar-refractivity contribution in [1.82, 2.24) is 15.5 Å². The molecule has 8 heteroatoms. The van der Waals surface area contributed by atoms with Crippen molar-refractivity contribution in [2.24, 2.45) is 23.2 Å². The number of nitrogens with zero attached hydrogens (tertiary/aromatic N) is 1. The number of hydrogen-bond acceptors (Lipinski definition) is 5. The Morgan fingerprint density at radius 2 is 1.61 bits per heavy atom. The van der Waals surface area contributed by atoms with Gasteiger partial charge in [-0.2, -0.15) is 0 Å². The van der Waals surface area contributed by atoms with Crippen LogP contribution in [0.2, 0.25) is 0 Å². The van der Waals surface area contributed by atoms with Gasteiger partial charge in [0.15, 0.2) is 6.61 Å². The van der Waals surface area contributed by atoms with Crippen molar-refractivity contribution >= 4 is 23.7 Å². The lowest BCUT2D eigenvalue weighted by Gasteiger charge is -2.56. The normalized spacial score (nSPS) is 33.3. The predicted octanol–water partition coefficient (Wildman–Crippen LogP) is 1.38. The van der Waals surface area contributed by atoms with Gasteiger partial charge in [0.05, 0.1) is 12.0 Å². The van der Waals surface area contributed by atoms with Gasteiger partial charge < -0.3 is 20.3 Å². The molecule has 172 valence electrons. The Morgan fingerprint density at radius 1 is 0.968 bits per heavy atom. The van der Waals surface area contributed by atoms with Gasteiger partial charge in [0.2, 0.25) is 11.8 Å². The van der Waals surface area contributed by atoms with E-state index in [1.807, 2.05) is 6.92 Å². The number of carbonyl (C=O) groups is 4. The Hall–Kier alpha value is -2.12. The summed E-state index contributed by atoms with van der Waals surface area (Å²) in [5.74, 6) is 0.843. The summed E-state index contributed by atoms with van der Waals surface area (Å²) in [6, 6.07) is -0.596. The zero-order valence-electron chi connectivity index (χ0n) is 18.5. The van der Waals surface area contributed by atoms with Crippen LogP contribution in [0.3, 0.4) is 0 Å². The summed E-state index contributed by atoms with van der Waals surface area (Å²) >= 11 is 0. The second-order valence-corrected chi connectivity index (χ2v) is 10.1. The average Bonchev–Trinajstić information content (AvgIpc) is 3.22. The molecule has 5 fully saturated rings. The maximum Gasteiger partial charge on any atom is 0.329 e. The summed E-state index contributed by atoms with van der Waals surface area (Å²) < 4.78 is 5.22. The molecule has 5 aliphatic rings. The van der Waals surface area contributed by atoms with Crippen molar-refractivity contribution in [2.75, 3.05) is 26.2 Å². The van der Waals surface area contributed by atoms with E-state index in [2.05, 4.69) is 10.6 Å². The number of hydrogen-bond donors (Lipinski definition) is 2. The first-order valence-electron chi connectivity index (χ1n) is 11.9. The van der Waals surface area contributed by atoms with Gasteiger partial charge in [-0.1, -0.05) is 6.92 Å². The van der Waals surface area contributed by atoms with E-state index >= 15 is 0 Å². The van der Waals surface area contributed by atoms with Gasteiger partial charge in [-0.05, 0) is 75.5 Å². The summed E-state index contributed by atoms with van der Waals surface area (Å²) in [7, 11) is 0. The second kappa shape index (κ2) is 9.17. The van der Waals surface area contributed by atoms with E-state index in [4.69, 9.17) is 4.74 Å². The molecule has 4 aliphatic carbocycles. The van der Waals surface area contributed by atoms with Crippen LogP contribution in [-0.2, 0) is 23.9 Å². The molecule has 0 radical (unpaired) electrons. The molecule has 1 atom stereocenters. The Bertz CT molecular complexity index is 701. The summed E-state index contributed by atoms with van der Waals surface area (Å²) in [4.78, 5) is 51.5. The molecule has 3 amide bonds. The standard InChI is InChI=1S/C23H35N3O5/c1-2-5-24-19(27)13-25-20(28)14-31-21(29)18-4-3-6-26(18)22(30)23-10-15-7-16(11-23)9-17(8-15)12-23/h15-18H,2-14H2,1H3,(H,24,27)(H,25,28)/t15?,16?,17?,18-,23?/m0/s1. The van der Waals surface area contributed by atoms with Crippen LogP contribution in [0.25, 0.3) is 0 Å². The van der Waals surface area contributed by atoms with Crippen LogP contribution in [0.1, 0.15) is 64.7 Å². The third-order valence-electron chi connectivity index (χ3n) is 7.64. The van der Waals surface area contributed by atoms with E-state index in [9.17, 15) is 19.2 Å². The highest BCUT2D eigenvalue weighted by Gasteiger charge is 2.57. The van der Waals surface area contributed by atoms with E-state index in [1.54, 1.807) is 4.90 Å². The van der Waals surface area contributed by atoms with Gasteiger partial charge in [-0.3, -0.25) is 14.4 Å². The molecule has 4 saturated carbocycles. The van der Waals surface area contributed by atoms with Crippen molar-refractivity contribution in [3.8, 4) is 0 Å². The van der Waals surface area contributed by atoms with E-state index in [0.29, 0.717) is 37.3 Å². The quantitative estimate of drug-likeness (QED) is 0.563. The van der Waals surface area contributed by atoms with Crippen molar-refractivity contribution in [1.29, 1.82) is 0 Å². The molecule has 0 aromatic heterocycles. The monoisotopic (exact) mass is 433 g/mol. The predicted molar refractivity (Wildman–Crippen MR) is 113 cm³/mol. The summed E-state index contributed by atoms with van der Waals surface area (Å²) in [5.41, 5.74) is -0.277. The van der Waals surface area contributed by atoms with Crippen LogP contribution in [0.15, 0.2) is 0 Å². The zero-order chi connectivity index (χ0) is 22.0. The number of ether oxygens (including phenoxy) is 1.